The molecule has 1 aliphatic carbocycles. The lowest BCUT2D eigenvalue weighted by molar-refractivity contribution is -0.125. The highest BCUT2D eigenvalue weighted by atomic mass is 16.5. The molecule has 1 aliphatic heterocycles. The van der Waals surface area contributed by atoms with Crippen LogP contribution in [0.4, 0.5) is 5.95 Å². The van der Waals surface area contributed by atoms with Gasteiger partial charge in [0.05, 0.1) is 14.2 Å². The number of anilines is 1. The molecule has 1 fully saturated rings. The largest absolute Gasteiger partial charge is 0.493 e. The van der Waals surface area contributed by atoms with Crippen molar-refractivity contribution in [3.05, 3.63) is 41.2 Å². The number of aryl methyl sites for hydroxylation is 1. The molecule has 1 aromatic carbocycles. The van der Waals surface area contributed by atoms with Crippen molar-refractivity contribution >= 4 is 11.9 Å². The number of nitrogens with zero attached hydrogens (tertiary/aromatic N) is 3. The molecule has 7 heteroatoms. The number of amides is 1. The van der Waals surface area contributed by atoms with Gasteiger partial charge in [0, 0.05) is 37.4 Å². The van der Waals surface area contributed by atoms with Gasteiger partial charge >= 0.3 is 0 Å². The number of piperidine rings is 1. The maximum absolute atomic E-state index is 12.8. The SMILES string of the molecule is COc1ccc(CCNC(=O)C2CCc3nc(N4CCC(C)CC4)ncc3C2)cc1OC. The molecule has 2 heterocycles. The molecule has 0 bridgehead atoms. The minimum atomic E-state index is -0.0156. The average molecular weight is 439 g/mol. The molecule has 4 rings (SSSR count). The van der Waals surface area contributed by atoms with Gasteiger partial charge in [-0.05, 0) is 67.7 Å². The van der Waals surface area contributed by atoms with Crippen LogP contribution < -0.4 is 19.7 Å². The van der Waals surface area contributed by atoms with Crippen LogP contribution in [0.2, 0.25) is 0 Å². The fraction of sp³-hybridized carbons (Fsp3) is 0.560. The lowest BCUT2D eigenvalue weighted by Crippen LogP contribution is -2.36. The lowest BCUT2D eigenvalue weighted by atomic mass is 9.86. The molecule has 1 unspecified atom stereocenters. The smallest absolute Gasteiger partial charge is 0.225 e. The number of hydrogen-bond donors (Lipinski definition) is 1. The molecule has 1 atom stereocenters. The van der Waals surface area contributed by atoms with E-state index in [1.54, 1.807) is 14.2 Å². The fourth-order valence-corrected chi connectivity index (χ4v) is 4.59. The maximum atomic E-state index is 12.8. The normalized spacial score (nSPS) is 18.7. The fourth-order valence-electron chi connectivity index (χ4n) is 4.59. The minimum Gasteiger partial charge on any atom is -0.493 e. The van der Waals surface area contributed by atoms with Crippen LogP contribution in [0.1, 0.15) is 43.0 Å². The Labute approximate surface area is 190 Å². The number of methoxy groups -OCH3 is 2. The highest BCUT2D eigenvalue weighted by molar-refractivity contribution is 5.79. The number of ether oxygens (including phenoxy) is 2. The third kappa shape index (κ3) is 5.14. The van der Waals surface area contributed by atoms with E-state index in [4.69, 9.17) is 14.5 Å². The number of carbonyl (C=O) groups excluding carboxylic acids is 1. The van der Waals surface area contributed by atoms with Crippen molar-refractivity contribution in [3.63, 3.8) is 0 Å². The van der Waals surface area contributed by atoms with Crippen LogP contribution in [0.15, 0.2) is 24.4 Å². The van der Waals surface area contributed by atoms with E-state index in [1.807, 2.05) is 24.4 Å². The van der Waals surface area contributed by atoms with Gasteiger partial charge in [0.2, 0.25) is 11.9 Å². The van der Waals surface area contributed by atoms with Crippen LogP contribution in [0.25, 0.3) is 0 Å². The van der Waals surface area contributed by atoms with Gasteiger partial charge in [-0.2, -0.15) is 0 Å². The van der Waals surface area contributed by atoms with Gasteiger partial charge in [-0.25, -0.2) is 9.97 Å². The Hall–Kier alpha value is -2.83. The maximum Gasteiger partial charge on any atom is 0.225 e. The molecule has 32 heavy (non-hydrogen) atoms. The lowest BCUT2D eigenvalue weighted by Gasteiger charge is -2.31. The number of hydrogen-bond acceptors (Lipinski definition) is 6. The first kappa shape index (κ1) is 22.4. The van der Waals surface area contributed by atoms with Crippen molar-refractivity contribution in [3.8, 4) is 11.5 Å². The van der Waals surface area contributed by atoms with Crippen LogP contribution in [0.5, 0.6) is 11.5 Å². The Morgan fingerprint density at radius 3 is 2.69 bits per heavy atom. The summed E-state index contributed by atoms with van der Waals surface area (Å²) in [6, 6.07) is 5.86. The van der Waals surface area contributed by atoms with Crippen LogP contribution in [0.3, 0.4) is 0 Å². The number of nitrogens with one attached hydrogen (secondary N) is 1. The zero-order chi connectivity index (χ0) is 22.5. The van der Waals surface area contributed by atoms with Gasteiger partial charge in [0.25, 0.3) is 0 Å². The summed E-state index contributed by atoms with van der Waals surface area (Å²) in [4.78, 5) is 24.5. The third-order valence-electron chi connectivity index (χ3n) is 6.74. The molecule has 1 saturated heterocycles. The standard InChI is InChI=1S/C25H34N4O3/c1-17-9-12-29(13-10-17)25-27-16-20-15-19(5-6-21(20)28-25)24(30)26-11-8-18-4-7-22(31-2)23(14-18)32-3/h4,7,14,16-17,19H,5-6,8-13,15H2,1-3H3,(H,26,30). The predicted molar refractivity (Wildman–Crippen MR) is 124 cm³/mol. The summed E-state index contributed by atoms with van der Waals surface area (Å²) in [5, 5.41) is 3.10. The monoisotopic (exact) mass is 438 g/mol. The number of rotatable bonds is 7. The van der Waals surface area contributed by atoms with Gasteiger partial charge in [-0.15, -0.1) is 0 Å². The molecule has 0 saturated carbocycles. The van der Waals surface area contributed by atoms with Gasteiger partial charge in [0.15, 0.2) is 11.5 Å². The van der Waals surface area contributed by atoms with Gasteiger partial charge in [-0.3, -0.25) is 4.79 Å². The summed E-state index contributed by atoms with van der Waals surface area (Å²) in [5.74, 6) is 3.16. The second-order valence-electron chi connectivity index (χ2n) is 8.98. The van der Waals surface area contributed by atoms with Crippen molar-refractivity contribution in [2.45, 2.75) is 45.4 Å². The molecule has 0 radical (unpaired) electrons. The van der Waals surface area contributed by atoms with E-state index in [0.717, 1.165) is 67.5 Å². The highest BCUT2D eigenvalue weighted by Gasteiger charge is 2.27. The van der Waals surface area contributed by atoms with Crippen molar-refractivity contribution in [2.75, 3.05) is 38.8 Å². The van der Waals surface area contributed by atoms with E-state index in [-0.39, 0.29) is 11.8 Å². The van der Waals surface area contributed by atoms with Gasteiger partial charge in [-0.1, -0.05) is 13.0 Å². The number of fused-ring (bicyclic) bond motifs is 1. The highest BCUT2D eigenvalue weighted by Crippen LogP contribution is 2.28. The van der Waals surface area contributed by atoms with E-state index in [1.165, 1.54) is 12.8 Å². The van der Waals surface area contributed by atoms with Crippen LogP contribution in [0, 0.1) is 11.8 Å². The van der Waals surface area contributed by atoms with Crippen molar-refractivity contribution < 1.29 is 14.3 Å². The molecule has 0 spiro atoms. The van der Waals surface area contributed by atoms with Crippen molar-refractivity contribution in [2.24, 2.45) is 11.8 Å². The Morgan fingerprint density at radius 1 is 1.16 bits per heavy atom. The van der Waals surface area contributed by atoms with Crippen LogP contribution >= 0.6 is 0 Å². The molecule has 1 N–H and O–H groups in total. The summed E-state index contributed by atoms with van der Waals surface area (Å²) in [6.45, 7) is 4.97. The summed E-state index contributed by atoms with van der Waals surface area (Å²) in [6.07, 6.45) is 7.48. The average Bonchev–Trinajstić information content (AvgIpc) is 2.83. The molecule has 1 amide bonds. The Bertz CT molecular complexity index is 941. The van der Waals surface area contributed by atoms with Gasteiger partial charge in [0.1, 0.15) is 0 Å². The number of benzene rings is 1. The van der Waals surface area contributed by atoms with Crippen molar-refractivity contribution in [1.82, 2.24) is 15.3 Å². The minimum absolute atomic E-state index is 0.0156. The Morgan fingerprint density at radius 2 is 1.94 bits per heavy atom. The molecule has 2 aliphatic rings. The summed E-state index contributed by atoms with van der Waals surface area (Å²) in [7, 11) is 3.25. The quantitative estimate of drug-likeness (QED) is 0.716. The molecule has 7 nitrogen and oxygen atoms in total. The number of carbonyl (C=O) groups is 1. The Balaban J connectivity index is 1.29. The zero-order valence-corrected chi connectivity index (χ0v) is 19.4. The van der Waals surface area contributed by atoms with Gasteiger partial charge < -0.3 is 19.7 Å². The molecule has 2 aromatic rings. The van der Waals surface area contributed by atoms with Crippen molar-refractivity contribution in [1.29, 1.82) is 0 Å². The predicted octanol–water partition coefficient (Wildman–Crippen LogP) is 3.19. The Kier molecular flexibility index (Phi) is 7.12. The first-order valence-electron chi connectivity index (χ1n) is 11.7. The first-order chi connectivity index (χ1) is 15.6. The van der Waals surface area contributed by atoms with E-state index in [2.05, 4.69) is 22.1 Å². The van der Waals surface area contributed by atoms with E-state index in [9.17, 15) is 4.79 Å². The summed E-state index contributed by atoms with van der Waals surface area (Å²) >= 11 is 0. The van der Waals surface area contributed by atoms with E-state index < -0.39 is 0 Å². The molecular weight excluding hydrogens is 404 g/mol. The molecule has 172 valence electrons. The van der Waals surface area contributed by atoms with Crippen LogP contribution in [-0.4, -0.2) is 49.7 Å². The number of aromatic nitrogens is 2. The second-order valence-corrected chi connectivity index (χ2v) is 8.98. The molecular formula is C25H34N4O3. The third-order valence-corrected chi connectivity index (χ3v) is 6.74. The van der Waals surface area contributed by atoms with E-state index >= 15 is 0 Å². The van der Waals surface area contributed by atoms with Crippen LogP contribution in [-0.2, 0) is 24.1 Å². The summed E-state index contributed by atoms with van der Waals surface area (Å²) in [5.41, 5.74) is 3.33. The zero-order valence-electron chi connectivity index (χ0n) is 19.4. The van der Waals surface area contributed by atoms with E-state index in [0.29, 0.717) is 18.0 Å². The topological polar surface area (TPSA) is 76.6 Å². The second kappa shape index (κ2) is 10.2. The summed E-state index contributed by atoms with van der Waals surface area (Å²) < 4.78 is 10.6. The molecule has 1 aromatic heterocycles. The first-order valence-corrected chi connectivity index (χ1v) is 11.7.